The van der Waals surface area contributed by atoms with Crippen molar-refractivity contribution in [2.24, 2.45) is 5.10 Å². The number of fused-ring (bicyclic) bond motifs is 2. The zero-order valence-corrected chi connectivity index (χ0v) is 13.9. The molecule has 0 spiro atoms. The number of nitrogens with zero attached hydrogens (tertiary/aromatic N) is 2. The number of aromatic nitrogens is 2. The van der Waals surface area contributed by atoms with Crippen molar-refractivity contribution in [1.82, 2.24) is 15.6 Å². The maximum Gasteiger partial charge on any atom is 0.292 e. The van der Waals surface area contributed by atoms with Gasteiger partial charge in [-0.2, -0.15) is 10.2 Å². The third kappa shape index (κ3) is 2.76. The van der Waals surface area contributed by atoms with E-state index in [2.05, 4.69) is 20.7 Å². The molecule has 1 aliphatic carbocycles. The van der Waals surface area contributed by atoms with Gasteiger partial charge in [-0.3, -0.25) is 9.89 Å². The summed E-state index contributed by atoms with van der Waals surface area (Å²) >= 11 is 0. The standard InChI is InChI=1S/C19H18N4O2/c1-25-17-10-9-12-5-2-3-6-13(12)15(17)11-20-23-19(24)18-14-7-4-8-16(14)21-22-18/h2-3,5-6,9-11H,4,7-8H2,1H3,(H,21,22)(H,23,24). The third-order valence-corrected chi connectivity index (χ3v) is 4.53. The Kier molecular flexibility index (Phi) is 3.93. The van der Waals surface area contributed by atoms with Crippen LogP contribution in [0.15, 0.2) is 41.5 Å². The summed E-state index contributed by atoms with van der Waals surface area (Å²) < 4.78 is 5.42. The quantitative estimate of drug-likeness (QED) is 0.569. The maximum atomic E-state index is 12.3. The Morgan fingerprint density at radius 3 is 3.04 bits per heavy atom. The molecule has 0 atom stereocenters. The van der Waals surface area contributed by atoms with Crippen LogP contribution in [-0.4, -0.2) is 29.4 Å². The van der Waals surface area contributed by atoms with Gasteiger partial charge in [-0.15, -0.1) is 0 Å². The molecule has 1 amide bonds. The fourth-order valence-electron chi connectivity index (χ4n) is 3.30. The normalized spacial score (nSPS) is 13.3. The topological polar surface area (TPSA) is 79.4 Å². The number of nitrogens with one attached hydrogen (secondary N) is 2. The summed E-state index contributed by atoms with van der Waals surface area (Å²) in [6.45, 7) is 0. The molecule has 4 rings (SSSR count). The number of carbonyl (C=O) groups excluding carboxylic acids is 1. The Morgan fingerprint density at radius 1 is 1.28 bits per heavy atom. The van der Waals surface area contributed by atoms with E-state index in [9.17, 15) is 4.79 Å². The summed E-state index contributed by atoms with van der Waals surface area (Å²) in [5.74, 6) is 0.409. The van der Waals surface area contributed by atoms with Crippen molar-refractivity contribution in [3.05, 3.63) is 58.9 Å². The van der Waals surface area contributed by atoms with Gasteiger partial charge in [0, 0.05) is 16.8 Å². The lowest BCUT2D eigenvalue weighted by Gasteiger charge is -2.08. The molecule has 2 N–H and O–H groups in total. The average molecular weight is 334 g/mol. The highest BCUT2D eigenvalue weighted by Gasteiger charge is 2.22. The Labute approximate surface area is 144 Å². The fourth-order valence-corrected chi connectivity index (χ4v) is 3.30. The van der Waals surface area contributed by atoms with Crippen molar-refractivity contribution in [3.63, 3.8) is 0 Å². The Hall–Kier alpha value is -3.15. The number of aromatic amines is 1. The lowest BCUT2D eigenvalue weighted by atomic mass is 10.0. The van der Waals surface area contributed by atoms with Crippen LogP contribution in [0.3, 0.4) is 0 Å². The van der Waals surface area contributed by atoms with E-state index in [1.54, 1.807) is 13.3 Å². The van der Waals surface area contributed by atoms with E-state index in [1.165, 1.54) is 0 Å². The van der Waals surface area contributed by atoms with Crippen LogP contribution >= 0.6 is 0 Å². The molecule has 0 unspecified atom stereocenters. The summed E-state index contributed by atoms with van der Waals surface area (Å²) in [5, 5.41) is 13.3. The van der Waals surface area contributed by atoms with E-state index in [0.29, 0.717) is 11.4 Å². The summed E-state index contributed by atoms with van der Waals surface area (Å²) in [6.07, 6.45) is 4.51. The van der Waals surface area contributed by atoms with E-state index in [1.807, 2.05) is 36.4 Å². The van der Waals surface area contributed by atoms with Gasteiger partial charge >= 0.3 is 0 Å². The SMILES string of the molecule is COc1ccc2ccccc2c1C=NNC(=O)c1n[nH]c2c1CCC2. The maximum absolute atomic E-state index is 12.3. The largest absolute Gasteiger partial charge is 0.496 e. The molecule has 0 radical (unpaired) electrons. The van der Waals surface area contributed by atoms with Crippen LogP contribution in [0.1, 0.15) is 33.7 Å². The number of carbonyl (C=O) groups is 1. The Morgan fingerprint density at radius 2 is 2.16 bits per heavy atom. The van der Waals surface area contributed by atoms with Crippen molar-refractivity contribution >= 4 is 22.9 Å². The minimum atomic E-state index is -0.296. The van der Waals surface area contributed by atoms with Crippen LogP contribution in [0.25, 0.3) is 10.8 Å². The summed E-state index contributed by atoms with van der Waals surface area (Å²) in [4.78, 5) is 12.3. The molecule has 1 aliphatic rings. The summed E-state index contributed by atoms with van der Waals surface area (Å²) in [7, 11) is 1.62. The van der Waals surface area contributed by atoms with Gasteiger partial charge < -0.3 is 4.74 Å². The van der Waals surface area contributed by atoms with Gasteiger partial charge in [0.2, 0.25) is 0 Å². The number of hydrogen-bond acceptors (Lipinski definition) is 4. The van der Waals surface area contributed by atoms with Gasteiger partial charge in [-0.25, -0.2) is 5.43 Å². The number of H-pyrrole nitrogens is 1. The molecule has 0 aliphatic heterocycles. The highest BCUT2D eigenvalue weighted by molar-refractivity contribution is 6.03. The molecule has 1 aromatic heterocycles. The van der Waals surface area contributed by atoms with Crippen LogP contribution in [0.4, 0.5) is 0 Å². The minimum absolute atomic E-state index is 0.296. The van der Waals surface area contributed by atoms with E-state index in [-0.39, 0.29) is 5.91 Å². The molecule has 6 heteroatoms. The van der Waals surface area contributed by atoms with Gasteiger partial charge in [0.15, 0.2) is 5.69 Å². The first kappa shape index (κ1) is 15.4. The number of benzene rings is 2. The first-order chi connectivity index (χ1) is 12.3. The second-order valence-corrected chi connectivity index (χ2v) is 5.98. The second kappa shape index (κ2) is 6.39. The molecule has 126 valence electrons. The molecule has 6 nitrogen and oxygen atoms in total. The van der Waals surface area contributed by atoms with Gasteiger partial charge in [-0.05, 0) is 36.1 Å². The molecule has 1 heterocycles. The number of amides is 1. The monoisotopic (exact) mass is 334 g/mol. The Bertz CT molecular complexity index is 975. The molecule has 25 heavy (non-hydrogen) atoms. The van der Waals surface area contributed by atoms with Crippen molar-refractivity contribution in [1.29, 1.82) is 0 Å². The molecule has 3 aromatic rings. The third-order valence-electron chi connectivity index (χ3n) is 4.53. The molecule has 0 saturated carbocycles. The molecular formula is C19H18N4O2. The van der Waals surface area contributed by atoms with Crippen molar-refractivity contribution in [2.45, 2.75) is 19.3 Å². The molecule has 0 fully saturated rings. The van der Waals surface area contributed by atoms with Crippen LogP contribution in [0.2, 0.25) is 0 Å². The lowest BCUT2D eigenvalue weighted by molar-refractivity contribution is 0.0949. The van der Waals surface area contributed by atoms with Gasteiger partial charge in [0.05, 0.1) is 13.3 Å². The number of aryl methyl sites for hydroxylation is 1. The highest BCUT2D eigenvalue weighted by atomic mass is 16.5. The first-order valence-corrected chi connectivity index (χ1v) is 8.23. The van der Waals surface area contributed by atoms with Gasteiger partial charge in [0.1, 0.15) is 5.75 Å². The molecular weight excluding hydrogens is 316 g/mol. The van der Waals surface area contributed by atoms with Crippen LogP contribution in [-0.2, 0) is 12.8 Å². The van der Waals surface area contributed by atoms with Crippen LogP contribution in [0.5, 0.6) is 5.75 Å². The predicted molar refractivity (Wildman–Crippen MR) is 96.2 cm³/mol. The van der Waals surface area contributed by atoms with Crippen LogP contribution in [0, 0.1) is 0 Å². The fraction of sp³-hybridized carbons (Fsp3) is 0.211. The van der Waals surface area contributed by atoms with Gasteiger partial charge in [0.25, 0.3) is 5.91 Å². The highest BCUT2D eigenvalue weighted by Crippen LogP contribution is 2.26. The van der Waals surface area contributed by atoms with E-state index < -0.39 is 0 Å². The van der Waals surface area contributed by atoms with Crippen molar-refractivity contribution in [3.8, 4) is 5.75 Å². The number of rotatable bonds is 4. The second-order valence-electron chi connectivity index (χ2n) is 5.98. The number of hydrogen-bond donors (Lipinski definition) is 2. The lowest BCUT2D eigenvalue weighted by Crippen LogP contribution is -2.19. The van der Waals surface area contributed by atoms with Gasteiger partial charge in [-0.1, -0.05) is 30.3 Å². The predicted octanol–water partition coefficient (Wildman–Crippen LogP) is 2.82. The molecule has 0 saturated heterocycles. The summed E-state index contributed by atoms with van der Waals surface area (Å²) in [6, 6.07) is 11.9. The average Bonchev–Trinajstić information content (AvgIpc) is 3.25. The molecule has 2 aromatic carbocycles. The van der Waals surface area contributed by atoms with E-state index in [4.69, 9.17) is 4.74 Å². The van der Waals surface area contributed by atoms with E-state index in [0.717, 1.165) is 46.9 Å². The van der Waals surface area contributed by atoms with Crippen LogP contribution < -0.4 is 10.2 Å². The Balaban J connectivity index is 1.59. The van der Waals surface area contributed by atoms with Crippen molar-refractivity contribution in [2.75, 3.05) is 7.11 Å². The zero-order chi connectivity index (χ0) is 17.2. The summed E-state index contributed by atoms with van der Waals surface area (Å²) in [5.41, 5.74) is 5.91. The smallest absolute Gasteiger partial charge is 0.292 e. The number of ether oxygens (including phenoxy) is 1. The zero-order valence-electron chi connectivity index (χ0n) is 13.9. The number of methoxy groups -OCH3 is 1. The van der Waals surface area contributed by atoms with E-state index >= 15 is 0 Å². The number of hydrazone groups is 1. The molecule has 0 bridgehead atoms. The minimum Gasteiger partial charge on any atom is -0.496 e. The van der Waals surface area contributed by atoms with Crippen molar-refractivity contribution < 1.29 is 9.53 Å². The first-order valence-electron chi connectivity index (χ1n) is 8.23.